The highest BCUT2D eigenvalue weighted by Gasteiger charge is 2.28. The van der Waals surface area contributed by atoms with E-state index in [2.05, 4.69) is 0 Å². The van der Waals surface area contributed by atoms with E-state index in [0.29, 0.717) is 0 Å². The van der Waals surface area contributed by atoms with Gasteiger partial charge in [-0.15, -0.1) is 0 Å². The molecule has 0 saturated carbocycles. The van der Waals surface area contributed by atoms with Crippen LogP contribution in [0.1, 0.15) is 15.9 Å². The molecule has 2 N–H and O–H groups in total. The van der Waals surface area contributed by atoms with Crippen LogP contribution >= 0.6 is 0 Å². The first kappa shape index (κ1) is 15.2. The molecule has 0 unspecified atom stereocenters. The quantitative estimate of drug-likeness (QED) is 0.383. The van der Waals surface area contributed by atoms with Crippen molar-refractivity contribution in [2.45, 2.75) is 0 Å². The van der Waals surface area contributed by atoms with Crippen molar-refractivity contribution in [2.75, 3.05) is 0 Å². The molecule has 2 aromatic carbocycles. The van der Waals surface area contributed by atoms with Crippen LogP contribution < -0.4 is 0 Å². The maximum atomic E-state index is 12.6. The van der Waals surface area contributed by atoms with E-state index in [4.69, 9.17) is 0 Å². The lowest BCUT2D eigenvalue weighted by Crippen LogP contribution is -2.18. The fourth-order valence-electron chi connectivity index (χ4n) is 2.03. The topological polar surface area (TPSA) is 91.7 Å². The number of Topliss-reactive ketones (excluding diaryl/α,β-unsaturated/α-hetero) is 1. The van der Waals surface area contributed by atoms with Gasteiger partial charge < -0.3 is 10.2 Å². The highest BCUT2D eigenvalue weighted by Crippen LogP contribution is 2.24. The van der Waals surface area contributed by atoms with Crippen molar-refractivity contribution in [3.05, 3.63) is 77.4 Å². The van der Waals surface area contributed by atoms with E-state index >= 15 is 0 Å². The molecule has 0 spiro atoms. The molecule has 0 saturated heterocycles. The zero-order valence-corrected chi connectivity index (χ0v) is 11.4. The zero-order chi connectivity index (χ0) is 16.1. The van der Waals surface area contributed by atoms with Gasteiger partial charge in [0.05, 0.1) is 5.57 Å². The molecule has 2 rings (SSSR count). The number of hydrogen-bond donors (Lipinski definition) is 2. The lowest BCUT2D eigenvalue weighted by molar-refractivity contribution is -0.140. The molecule has 5 nitrogen and oxygen atoms in total. The van der Waals surface area contributed by atoms with Gasteiger partial charge in [-0.2, -0.15) is 0 Å². The van der Waals surface area contributed by atoms with Gasteiger partial charge in [-0.1, -0.05) is 60.7 Å². The number of allylic oxidation sites excluding steroid dienone is 1. The summed E-state index contributed by atoms with van der Waals surface area (Å²) in [4.78, 5) is 35.2. The lowest BCUT2D eigenvalue weighted by Gasteiger charge is -2.10. The van der Waals surface area contributed by atoms with Crippen LogP contribution in [0, 0.1) is 0 Å². The summed E-state index contributed by atoms with van der Waals surface area (Å²) in [5.74, 6) is -3.96. The summed E-state index contributed by atoms with van der Waals surface area (Å²) < 4.78 is 0. The minimum absolute atomic E-state index is 0.223. The van der Waals surface area contributed by atoms with Crippen LogP contribution in [0.3, 0.4) is 0 Å². The summed E-state index contributed by atoms with van der Waals surface area (Å²) in [6, 6.07) is 15.9. The summed E-state index contributed by atoms with van der Waals surface area (Å²) in [6.45, 7) is 0. The average Bonchev–Trinajstić information content (AvgIpc) is 2.52. The standard InChI is InChI=1S/C17H12O5/c18-15(12-9-5-2-6-10-12)13(11-7-3-1-4-8-11)14(16(19)20)17(21)22/h1-10H,(H,19,20)(H,21,22). The molecule has 0 fully saturated rings. The van der Waals surface area contributed by atoms with Gasteiger partial charge in [0.2, 0.25) is 0 Å². The average molecular weight is 296 g/mol. The van der Waals surface area contributed by atoms with Gasteiger partial charge in [-0.3, -0.25) is 4.79 Å². The first-order chi connectivity index (χ1) is 10.5. The molecule has 5 heteroatoms. The molecule has 0 aromatic heterocycles. The second kappa shape index (κ2) is 6.49. The Morgan fingerprint density at radius 2 is 1.05 bits per heavy atom. The summed E-state index contributed by atoms with van der Waals surface area (Å²) in [6.07, 6.45) is 0. The number of benzene rings is 2. The van der Waals surface area contributed by atoms with Crippen molar-refractivity contribution in [1.29, 1.82) is 0 Å². The second-order valence-corrected chi connectivity index (χ2v) is 4.42. The summed E-state index contributed by atoms with van der Waals surface area (Å²) in [5.41, 5.74) is -0.815. The number of ketones is 1. The van der Waals surface area contributed by atoms with Gasteiger partial charge in [-0.05, 0) is 5.56 Å². The Bertz CT molecular complexity index is 729. The molecule has 0 amide bonds. The predicted molar refractivity (Wildman–Crippen MR) is 79.4 cm³/mol. The molecule has 0 bridgehead atoms. The molecule has 0 aliphatic carbocycles. The largest absolute Gasteiger partial charge is 0.477 e. The zero-order valence-electron chi connectivity index (χ0n) is 11.4. The van der Waals surface area contributed by atoms with Crippen LogP contribution in [0.5, 0.6) is 0 Å². The monoisotopic (exact) mass is 296 g/mol. The first-order valence-electron chi connectivity index (χ1n) is 6.38. The SMILES string of the molecule is O=C(O)C(C(=O)O)=C(C(=O)c1ccccc1)c1ccccc1. The summed E-state index contributed by atoms with van der Waals surface area (Å²) in [5, 5.41) is 18.4. The van der Waals surface area contributed by atoms with Crippen molar-refractivity contribution >= 4 is 23.3 Å². The first-order valence-corrected chi connectivity index (χ1v) is 6.38. The minimum atomic E-state index is -1.66. The molecule has 0 aliphatic heterocycles. The molecule has 0 aliphatic rings. The lowest BCUT2D eigenvalue weighted by atomic mass is 9.92. The van der Waals surface area contributed by atoms with E-state index in [1.54, 1.807) is 36.4 Å². The maximum Gasteiger partial charge on any atom is 0.343 e. The Balaban J connectivity index is 2.72. The van der Waals surface area contributed by atoms with Crippen molar-refractivity contribution in [3.8, 4) is 0 Å². The molecule has 0 atom stereocenters. The van der Waals surface area contributed by atoms with Crippen molar-refractivity contribution in [2.24, 2.45) is 0 Å². The Morgan fingerprint density at radius 3 is 1.45 bits per heavy atom. The molecule has 22 heavy (non-hydrogen) atoms. The number of rotatable bonds is 5. The Kier molecular flexibility index (Phi) is 4.48. The summed E-state index contributed by atoms with van der Waals surface area (Å²) >= 11 is 0. The van der Waals surface area contributed by atoms with Gasteiger partial charge in [0.1, 0.15) is 0 Å². The Labute approximate surface area is 126 Å². The van der Waals surface area contributed by atoms with Gasteiger partial charge in [0.15, 0.2) is 11.4 Å². The number of aliphatic carboxylic acids is 2. The number of carbonyl (C=O) groups is 3. The van der Waals surface area contributed by atoms with E-state index in [0.717, 1.165) is 0 Å². The Morgan fingerprint density at radius 1 is 0.636 bits per heavy atom. The number of carboxylic acid groups (broad SMARTS) is 2. The van der Waals surface area contributed by atoms with Gasteiger partial charge in [0, 0.05) is 5.56 Å². The molecule has 110 valence electrons. The van der Waals surface area contributed by atoms with Crippen LogP contribution in [0.15, 0.2) is 66.2 Å². The van der Waals surface area contributed by atoms with E-state index in [-0.39, 0.29) is 16.7 Å². The van der Waals surface area contributed by atoms with Crippen LogP contribution in [0.25, 0.3) is 5.57 Å². The maximum absolute atomic E-state index is 12.6. The number of carbonyl (C=O) groups excluding carboxylic acids is 1. The van der Waals surface area contributed by atoms with Crippen LogP contribution in [-0.4, -0.2) is 27.9 Å². The fraction of sp³-hybridized carbons (Fsp3) is 0. The Hall–Kier alpha value is -3.21. The minimum Gasteiger partial charge on any atom is -0.477 e. The second-order valence-electron chi connectivity index (χ2n) is 4.42. The van der Waals surface area contributed by atoms with Gasteiger partial charge in [-0.25, -0.2) is 9.59 Å². The van der Waals surface area contributed by atoms with E-state index in [9.17, 15) is 24.6 Å². The van der Waals surface area contributed by atoms with Crippen molar-refractivity contribution in [3.63, 3.8) is 0 Å². The van der Waals surface area contributed by atoms with Gasteiger partial charge >= 0.3 is 11.9 Å². The van der Waals surface area contributed by atoms with Crippen LogP contribution in [-0.2, 0) is 9.59 Å². The molecule has 0 radical (unpaired) electrons. The normalized spacial score (nSPS) is 9.82. The van der Waals surface area contributed by atoms with Crippen LogP contribution in [0.2, 0.25) is 0 Å². The van der Waals surface area contributed by atoms with E-state index < -0.39 is 23.3 Å². The third-order valence-electron chi connectivity index (χ3n) is 3.00. The highest BCUT2D eigenvalue weighted by molar-refractivity contribution is 6.38. The van der Waals surface area contributed by atoms with Crippen molar-refractivity contribution < 1.29 is 24.6 Å². The molecule has 2 aromatic rings. The molecule has 0 heterocycles. The molecular weight excluding hydrogens is 284 g/mol. The number of carboxylic acids is 2. The number of hydrogen-bond acceptors (Lipinski definition) is 3. The van der Waals surface area contributed by atoms with E-state index in [1.807, 2.05) is 0 Å². The predicted octanol–water partition coefficient (Wildman–Crippen LogP) is 2.49. The van der Waals surface area contributed by atoms with Crippen molar-refractivity contribution in [1.82, 2.24) is 0 Å². The third kappa shape index (κ3) is 3.09. The third-order valence-corrected chi connectivity index (χ3v) is 3.00. The van der Waals surface area contributed by atoms with Crippen LogP contribution in [0.4, 0.5) is 0 Å². The fourth-order valence-corrected chi connectivity index (χ4v) is 2.03. The van der Waals surface area contributed by atoms with E-state index in [1.165, 1.54) is 24.3 Å². The summed E-state index contributed by atoms with van der Waals surface area (Å²) in [7, 11) is 0. The van der Waals surface area contributed by atoms with Gasteiger partial charge in [0.25, 0.3) is 0 Å². The smallest absolute Gasteiger partial charge is 0.343 e. The molecular formula is C17H12O5. The highest BCUT2D eigenvalue weighted by atomic mass is 16.4.